The predicted octanol–water partition coefficient (Wildman–Crippen LogP) is 5.75. The van der Waals surface area contributed by atoms with E-state index in [1.54, 1.807) is 0 Å². The van der Waals surface area contributed by atoms with Gasteiger partial charge in [0.15, 0.2) is 0 Å². The summed E-state index contributed by atoms with van der Waals surface area (Å²) < 4.78 is 0. The number of allylic oxidation sites excluding steroid dienone is 3. The number of hydrogen-bond donors (Lipinski definition) is 0. The van der Waals surface area contributed by atoms with Crippen LogP contribution in [0.5, 0.6) is 0 Å². The highest BCUT2D eigenvalue weighted by Gasteiger charge is 2.12. The maximum atomic E-state index is 3.76. The van der Waals surface area contributed by atoms with Crippen molar-refractivity contribution < 1.29 is 0 Å². The lowest BCUT2D eigenvalue weighted by Gasteiger charge is -2.20. The van der Waals surface area contributed by atoms with Crippen molar-refractivity contribution in [1.82, 2.24) is 0 Å². The van der Waals surface area contributed by atoms with E-state index in [4.69, 9.17) is 0 Å². The molecule has 2 atom stereocenters. The van der Waals surface area contributed by atoms with Crippen LogP contribution in [-0.2, 0) is 0 Å². The molecular weight excluding hydrogens is 192 g/mol. The molecule has 0 aromatic rings. The molecule has 0 heteroatoms. The van der Waals surface area contributed by atoms with Crippen molar-refractivity contribution in [2.45, 2.75) is 65.7 Å². The van der Waals surface area contributed by atoms with Crippen LogP contribution in [0.4, 0.5) is 0 Å². The Bertz CT molecular complexity index is 178. The molecule has 0 bridgehead atoms. The predicted molar refractivity (Wildman–Crippen MR) is 75.7 cm³/mol. The van der Waals surface area contributed by atoms with Gasteiger partial charge in [-0.05, 0) is 18.3 Å². The average Bonchev–Trinajstić information content (AvgIpc) is 2.28. The third-order valence-electron chi connectivity index (χ3n) is 3.36. The smallest absolute Gasteiger partial charge is 0.0205 e. The highest BCUT2D eigenvalue weighted by molar-refractivity contribution is 5.01. The number of rotatable bonds is 10. The van der Waals surface area contributed by atoms with E-state index < -0.39 is 0 Å². The second kappa shape index (κ2) is 11.0. The summed E-state index contributed by atoms with van der Waals surface area (Å²) in [6, 6.07) is 0. The van der Waals surface area contributed by atoms with Crippen molar-refractivity contribution >= 4 is 0 Å². The van der Waals surface area contributed by atoms with Gasteiger partial charge in [0.25, 0.3) is 0 Å². The van der Waals surface area contributed by atoms with Crippen LogP contribution in [0.1, 0.15) is 65.7 Å². The van der Waals surface area contributed by atoms with Crippen LogP contribution in [0.2, 0.25) is 0 Å². The molecule has 0 radical (unpaired) electrons. The Balaban J connectivity index is 3.99. The first-order valence-corrected chi connectivity index (χ1v) is 7.05. The molecule has 0 saturated heterocycles. The molecule has 0 spiro atoms. The van der Waals surface area contributed by atoms with Gasteiger partial charge in [0.2, 0.25) is 0 Å². The van der Waals surface area contributed by atoms with Crippen LogP contribution in [0, 0.1) is 11.8 Å². The lowest BCUT2D eigenvalue weighted by molar-refractivity contribution is 0.364. The van der Waals surface area contributed by atoms with Crippen molar-refractivity contribution in [2.75, 3.05) is 0 Å². The first-order chi connectivity index (χ1) is 7.76. The van der Waals surface area contributed by atoms with E-state index in [2.05, 4.69) is 39.5 Å². The normalized spacial score (nSPS) is 15.2. The summed E-state index contributed by atoms with van der Waals surface area (Å²) in [6.07, 6.45) is 15.9. The number of hydrogen-bond acceptors (Lipinski definition) is 0. The van der Waals surface area contributed by atoms with Crippen molar-refractivity contribution in [2.24, 2.45) is 11.8 Å². The molecule has 0 aliphatic rings. The van der Waals surface area contributed by atoms with Crippen LogP contribution in [0.3, 0.4) is 0 Å². The second-order valence-electron chi connectivity index (χ2n) is 4.90. The summed E-state index contributed by atoms with van der Waals surface area (Å²) in [6.45, 7) is 10.7. The van der Waals surface area contributed by atoms with Crippen LogP contribution < -0.4 is 0 Å². The maximum absolute atomic E-state index is 3.76. The molecule has 0 aromatic carbocycles. The van der Waals surface area contributed by atoms with Crippen LogP contribution in [0.15, 0.2) is 24.8 Å². The SMILES string of the molecule is C=CC=CC(CCCCCC)C(C)CCC. The van der Waals surface area contributed by atoms with Gasteiger partial charge in [-0.3, -0.25) is 0 Å². The molecule has 0 heterocycles. The third-order valence-corrected chi connectivity index (χ3v) is 3.36. The fourth-order valence-electron chi connectivity index (χ4n) is 2.27. The van der Waals surface area contributed by atoms with Crippen molar-refractivity contribution in [3.63, 3.8) is 0 Å². The molecule has 0 nitrogen and oxygen atoms in total. The Labute approximate surface area is 103 Å². The third kappa shape index (κ3) is 7.73. The van der Waals surface area contributed by atoms with E-state index in [0.717, 1.165) is 11.8 Å². The van der Waals surface area contributed by atoms with Gasteiger partial charge in [-0.1, -0.05) is 84.1 Å². The second-order valence-corrected chi connectivity index (χ2v) is 4.90. The highest BCUT2D eigenvalue weighted by atomic mass is 14.2. The molecule has 0 amide bonds. The summed E-state index contributed by atoms with van der Waals surface area (Å²) in [4.78, 5) is 0. The summed E-state index contributed by atoms with van der Waals surface area (Å²) in [5.41, 5.74) is 0. The zero-order chi connectivity index (χ0) is 12.2. The fraction of sp³-hybridized carbons (Fsp3) is 0.750. The zero-order valence-corrected chi connectivity index (χ0v) is 11.5. The van der Waals surface area contributed by atoms with Crippen molar-refractivity contribution in [3.05, 3.63) is 24.8 Å². The first-order valence-electron chi connectivity index (χ1n) is 7.05. The summed E-state index contributed by atoms with van der Waals surface area (Å²) in [7, 11) is 0. The van der Waals surface area contributed by atoms with E-state index in [1.165, 1.54) is 44.9 Å². The van der Waals surface area contributed by atoms with E-state index in [9.17, 15) is 0 Å². The van der Waals surface area contributed by atoms with Crippen LogP contribution >= 0.6 is 0 Å². The quantitative estimate of drug-likeness (QED) is 0.326. The van der Waals surface area contributed by atoms with Gasteiger partial charge in [0.05, 0.1) is 0 Å². The van der Waals surface area contributed by atoms with E-state index in [-0.39, 0.29) is 0 Å². The summed E-state index contributed by atoms with van der Waals surface area (Å²) in [5.74, 6) is 1.58. The molecular formula is C16H30. The van der Waals surface area contributed by atoms with Gasteiger partial charge in [-0.15, -0.1) is 0 Å². The monoisotopic (exact) mass is 222 g/mol. The minimum Gasteiger partial charge on any atom is -0.0991 e. The number of unbranched alkanes of at least 4 members (excludes halogenated alkanes) is 3. The van der Waals surface area contributed by atoms with Gasteiger partial charge in [0, 0.05) is 0 Å². The Morgan fingerprint density at radius 3 is 2.31 bits per heavy atom. The molecule has 0 aliphatic heterocycles. The summed E-state index contributed by atoms with van der Waals surface area (Å²) >= 11 is 0. The Kier molecular flexibility index (Phi) is 10.6. The molecule has 0 saturated carbocycles. The van der Waals surface area contributed by atoms with E-state index >= 15 is 0 Å². The molecule has 0 rings (SSSR count). The highest BCUT2D eigenvalue weighted by Crippen LogP contribution is 2.24. The maximum Gasteiger partial charge on any atom is -0.0205 e. The summed E-state index contributed by atoms with van der Waals surface area (Å²) in [5, 5.41) is 0. The molecule has 0 aliphatic carbocycles. The van der Waals surface area contributed by atoms with Crippen LogP contribution in [0.25, 0.3) is 0 Å². The average molecular weight is 222 g/mol. The van der Waals surface area contributed by atoms with Crippen molar-refractivity contribution in [3.8, 4) is 0 Å². The molecule has 0 aromatic heterocycles. The first kappa shape index (κ1) is 15.5. The largest absolute Gasteiger partial charge is 0.0991 e. The fourth-order valence-corrected chi connectivity index (χ4v) is 2.27. The van der Waals surface area contributed by atoms with E-state index in [1.807, 2.05) is 6.08 Å². The van der Waals surface area contributed by atoms with Gasteiger partial charge >= 0.3 is 0 Å². The van der Waals surface area contributed by atoms with Crippen LogP contribution in [-0.4, -0.2) is 0 Å². The van der Waals surface area contributed by atoms with Gasteiger partial charge in [-0.2, -0.15) is 0 Å². The van der Waals surface area contributed by atoms with Crippen molar-refractivity contribution in [1.29, 1.82) is 0 Å². The molecule has 16 heavy (non-hydrogen) atoms. The lowest BCUT2D eigenvalue weighted by atomic mass is 9.85. The molecule has 0 fully saturated rings. The lowest BCUT2D eigenvalue weighted by Crippen LogP contribution is -2.09. The minimum atomic E-state index is 0.759. The molecule has 0 N–H and O–H groups in total. The Morgan fingerprint density at radius 2 is 1.75 bits per heavy atom. The van der Waals surface area contributed by atoms with Gasteiger partial charge in [-0.25, -0.2) is 0 Å². The molecule has 94 valence electrons. The van der Waals surface area contributed by atoms with E-state index in [0.29, 0.717) is 0 Å². The minimum absolute atomic E-state index is 0.759. The molecule has 2 unspecified atom stereocenters. The topological polar surface area (TPSA) is 0 Å². The standard InChI is InChI=1S/C16H30/c1-5-8-10-11-14-16(13-9-6-2)15(4)12-7-3/h6,9,13,15-16H,2,5,7-8,10-12,14H2,1,3-4H3. The van der Waals surface area contributed by atoms with Gasteiger partial charge in [0.1, 0.15) is 0 Å². The zero-order valence-electron chi connectivity index (χ0n) is 11.5. The Hall–Kier alpha value is -0.520. The Morgan fingerprint density at radius 1 is 1.00 bits per heavy atom. The van der Waals surface area contributed by atoms with Gasteiger partial charge < -0.3 is 0 Å².